The van der Waals surface area contributed by atoms with Crippen LogP contribution in [0.3, 0.4) is 0 Å². The minimum Gasteiger partial charge on any atom is -0.192 e. The second-order valence-electron chi connectivity index (χ2n) is 7.42. The van der Waals surface area contributed by atoms with Crippen molar-refractivity contribution in [3.63, 3.8) is 0 Å². The Morgan fingerprint density at radius 3 is 1.83 bits per heavy atom. The average Bonchev–Trinajstić information content (AvgIpc) is 2.79. The van der Waals surface area contributed by atoms with E-state index in [-0.39, 0.29) is 0 Å². The van der Waals surface area contributed by atoms with Crippen LogP contribution in [0.5, 0.6) is 0 Å². The molecule has 0 unspecified atom stereocenters. The van der Waals surface area contributed by atoms with Crippen LogP contribution in [0.4, 0.5) is 0 Å². The summed E-state index contributed by atoms with van der Waals surface area (Å²) >= 11 is 0. The molecule has 0 aliphatic heterocycles. The number of benzene rings is 4. The van der Waals surface area contributed by atoms with E-state index in [9.17, 15) is 0 Å². The van der Waals surface area contributed by atoms with Gasteiger partial charge in [-0.05, 0) is 82.3 Å². The van der Waals surface area contributed by atoms with Gasteiger partial charge in [0, 0.05) is 0 Å². The van der Waals surface area contributed by atoms with Crippen LogP contribution in [0.15, 0.2) is 97.1 Å². The molecule has 0 heterocycles. The van der Waals surface area contributed by atoms with Crippen LogP contribution >= 0.6 is 0 Å². The number of allylic oxidation sites excluding steroid dienone is 3. The molecule has 0 spiro atoms. The molecule has 0 atom stereocenters. The predicted molar refractivity (Wildman–Crippen MR) is 128 cm³/mol. The molecule has 0 radical (unpaired) electrons. The largest absolute Gasteiger partial charge is 0.192 e. The lowest BCUT2D eigenvalue weighted by atomic mass is 9.95. The van der Waals surface area contributed by atoms with Crippen LogP contribution in [0.2, 0.25) is 0 Å². The van der Waals surface area contributed by atoms with Gasteiger partial charge in [-0.3, -0.25) is 0 Å². The highest BCUT2D eigenvalue weighted by Crippen LogP contribution is 2.29. The van der Waals surface area contributed by atoms with Crippen molar-refractivity contribution in [1.82, 2.24) is 0 Å². The van der Waals surface area contributed by atoms with E-state index in [0.29, 0.717) is 5.56 Å². The lowest BCUT2D eigenvalue weighted by molar-refractivity contribution is 1.44. The maximum atomic E-state index is 8.99. The topological polar surface area (TPSA) is 23.8 Å². The van der Waals surface area contributed by atoms with E-state index < -0.39 is 0 Å². The van der Waals surface area contributed by atoms with Crippen molar-refractivity contribution in [3.05, 3.63) is 114 Å². The Bertz CT molecular complexity index is 1300. The van der Waals surface area contributed by atoms with Gasteiger partial charge in [0.1, 0.15) is 0 Å². The second kappa shape index (κ2) is 8.64. The number of hydrogen-bond acceptors (Lipinski definition) is 1. The van der Waals surface area contributed by atoms with Crippen LogP contribution < -0.4 is 0 Å². The molecule has 0 aliphatic rings. The Labute approximate surface area is 178 Å². The van der Waals surface area contributed by atoms with E-state index in [0.717, 1.165) is 11.1 Å². The summed E-state index contributed by atoms with van der Waals surface area (Å²) in [7, 11) is 0. The lowest BCUT2D eigenvalue weighted by Gasteiger charge is -2.09. The van der Waals surface area contributed by atoms with Gasteiger partial charge in [-0.2, -0.15) is 5.26 Å². The smallest absolute Gasteiger partial charge is 0.0991 e. The van der Waals surface area contributed by atoms with Crippen molar-refractivity contribution in [2.24, 2.45) is 0 Å². The van der Waals surface area contributed by atoms with Gasteiger partial charge in [0.2, 0.25) is 0 Å². The highest BCUT2D eigenvalue weighted by Gasteiger charge is 2.05. The summed E-state index contributed by atoms with van der Waals surface area (Å²) in [6.07, 6.45) is 8.29. The van der Waals surface area contributed by atoms with E-state index in [1.165, 1.54) is 33.0 Å². The minimum atomic E-state index is 0.683. The minimum absolute atomic E-state index is 0.683. The first-order valence-electron chi connectivity index (χ1n) is 10.1. The molecule has 0 aliphatic carbocycles. The molecule has 0 aromatic heterocycles. The highest BCUT2D eigenvalue weighted by atomic mass is 14.2. The van der Waals surface area contributed by atoms with E-state index in [4.69, 9.17) is 5.26 Å². The van der Waals surface area contributed by atoms with Gasteiger partial charge >= 0.3 is 0 Å². The Kier molecular flexibility index (Phi) is 5.59. The first-order chi connectivity index (χ1) is 14.7. The Hall–Kier alpha value is -3.89. The maximum Gasteiger partial charge on any atom is 0.0991 e. The molecule has 0 amide bonds. The van der Waals surface area contributed by atoms with Crippen molar-refractivity contribution in [1.29, 1.82) is 5.26 Å². The first-order valence-corrected chi connectivity index (χ1v) is 10.1. The van der Waals surface area contributed by atoms with Crippen molar-refractivity contribution >= 4 is 16.8 Å². The quantitative estimate of drug-likeness (QED) is 0.327. The summed E-state index contributed by atoms with van der Waals surface area (Å²) in [5, 5.41) is 11.4. The molecule has 0 N–H and O–H groups in total. The van der Waals surface area contributed by atoms with Gasteiger partial charge in [-0.25, -0.2) is 0 Å². The zero-order chi connectivity index (χ0) is 20.9. The van der Waals surface area contributed by atoms with Crippen molar-refractivity contribution in [2.75, 3.05) is 0 Å². The number of aryl methyl sites for hydroxylation is 1. The van der Waals surface area contributed by atoms with Crippen LogP contribution in [-0.2, 0) is 0 Å². The van der Waals surface area contributed by atoms with Crippen LogP contribution in [0.1, 0.15) is 23.6 Å². The van der Waals surface area contributed by atoms with E-state index in [1.54, 1.807) is 0 Å². The molecule has 1 heteroatoms. The van der Waals surface area contributed by atoms with Gasteiger partial charge in [-0.15, -0.1) is 0 Å². The summed E-state index contributed by atoms with van der Waals surface area (Å²) in [6, 6.07) is 29.7. The summed E-state index contributed by atoms with van der Waals surface area (Å²) in [6.45, 7) is 4.18. The number of nitriles is 1. The lowest BCUT2D eigenvalue weighted by Crippen LogP contribution is -1.85. The van der Waals surface area contributed by atoms with Crippen molar-refractivity contribution in [3.8, 4) is 28.3 Å². The fraction of sp³-hybridized carbons (Fsp3) is 0.0690. The number of hydrogen-bond donors (Lipinski definition) is 0. The molecular formula is C29H23N. The molecule has 0 saturated heterocycles. The van der Waals surface area contributed by atoms with Gasteiger partial charge < -0.3 is 0 Å². The first kappa shape index (κ1) is 19.4. The summed E-state index contributed by atoms with van der Waals surface area (Å²) in [4.78, 5) is 0. The van der Waals surface area contributed by atoms with Crippen LogP contribution in [0, 0.1) is 18.3 Å². The second-order valence-corrected chi connectivity index (χ2v) is 7.42. The summed E-state index contributed by atoms with van der Waals surface area (Å²) in [5.74, 6) is 0. The monoisotopic (exact) mass is 385 g/mol. The van der Waals surface area contributed by atoms with Gasteiger partial charge in [0.15, 0.2) is 0 Å². The van der Waals surface area contributed by atoms with E-state index in [2.05, 4.69) is 79.7 Å². The zero-order valence-electron chi connectivity index (χ0n) is 17.3. The van der Waals surface area contributed by atoms with Crippen molar-refractivity contribution in [2.45, 2.75) is 13.8 Å². The molecule has 1 nitrogen and oxygen atoms in total. The Morgan fingerprint density at radius 1 is 0.667 bits per heavy atom. The fourth-order valence-corrected chi connectivity index (χ4v) is 3.65. The summed E-state index contributed by atoms with van der Waals surface area (Å²) < 4.78 is 0. The third kappa shape index (κ3) is 4.09. The maximum absolute atomic E-state index is 8.99. The number of rotatable bonds is 4. The van der Waals surface area contributed by atoms with E-state index >= 15 is 0 Å². The average molecular weight is 386 g/mol. The van der Waals surface area contributed by atoms with Crippen LogP contribution in [0.25, 0.3) is 39.1 Å². The van der Waals surface area contributed by atoms with Crippen LogP contribution in [-0.4, -0.2) is 0 Å². The third-order valence-corrected chi connectivity index (χ3v) is 5.37. The molecule has 4 aromatic rings. The van der Waals surface area contributed by atoms with E-state index in [1.807, 2.05) is 43.3 Å². The molecule has 0 bridgehead atoms. The molecule has 4 aromatic carbocycles. The Morgan fingerprint density at radius 2 is 1.23 bits per heavy atom. The van der Waals surface area contributed by atoms with Gasteiger partial charge in [0.25, 0.3) is 0 Å². The van der Waals surface area contributed by atoms with Gasteiger partial charge in [0.05, 0.1) is 11.6 Å². The van der Waals surface area contributed by atoms with Gasteiger partial charge in [-0.1, -0.05) is 78.9 Å². The fourth-order valence-electron chi connectivity index (χ4n) is 3.65. The zero-order valence-corrected chi connectivity index (χ0v) is 17.3. The normalized spacial score (nSPS) is 11.4. The number of fused-ring (bicyclic) bond motifs is 1. The molecular weight excluding hydrogens is 362 g/mol. The molecule has 0 saturated carbocycles. The summed E-state index contributed by atoms with van der Waals surface area (Å²) in [5.41, 5.74) is 7.93. The SMILES string of the molecule is C/C=C\C=C/c1ccc(-c2ccc3cc(-c4ccc(C#N)cc4)ccc3c2)cc1C. The molecule has 30 heavy (non-hydrogen) atoms. The Balaban J connectivity index is 1.65. The molecule has 144 valence electrons. The van der Waals surface area contributed by atoms with Crippen molar-refractivity contribution < 1.29 is 0 Å². The molecule has 4 rings (SSSR count). The standard InChI is InChI=1S/C29H23N/c1-3-4-5-6-23-11-12-25(17-21(23)2)27-15-16-28-18-26(13-14-29(28)19-27)24-9-7-22(20-30)8-10-24/h3-19H,1-2H3/b4-3-,6-5-. The number of nitrogens with zero attached hydrogens (tertiary/aromatic N) is 1. The molecule has 0 fully saturated rings. The predicted octanol–water partition coefficient (Wildman–Crippen LogP) is 7.94. The third-order valence-electron chi connectivity index (χ3n) is 5.37. The highest BCUT2D eigenvalue weighted by molar-refractivity contribution is 5.91.